The van der Waals surface area contributed by atoms with E-state index in [1.165, 1.54) is 0 Å². The third-order valence-corrected chi connectivity index (χ3v) is 3.73. The maximum Gasteiger partial charge on any atom is 0.407 e. The Hall–Kier alpha value is -1.65. The number of nitrogens with zero attached hydrogens (tertiary/aromatic N) is 2. The van der Waals surface area contributed by atoms with E-state index in [4.69, 9.17) is 4.74 Å². The normalized spacial score (nSPS) is 36.7. The van der Waals surface area contributed by atoms with Crippen LogP contribution in [0.1, 0.15) is 25.5 Å². The van der Waals surface area contributed by atoms with Crippen LogP contribution < -0.4 is 5.32 Å². The number of carbonyl (C=O) groups is 1. The highest BCUT2D eigenvalue weighted by Crippen LogP contribution is 2.61. The third kappa shape index (κ3) is 1.14. The largest absolute Gasteiger partial charge is 0.442 e. The molecule has 1 saturated heterocycles. The molecule has 1 spiro atoms. The summed E-state index contributed by atoms with van der Waals surface area (Å²) in [7, 11) is 0. The second-order valence-electron chi connectivity index (χ2n) is 4.66. The quantitative estimate of drug-likeness (QED) is 0.765. The van der Waals surface area contributed by atoms with Crippen molar-refractivity contribution in [3.05, 3.63) is 24.3 Å². The first kappa shape index (κ1) is 9.57. The van der Waals surface area contributed by atoms with Crippen molar-refractivity contribution >= 4 is 6.09 Å². The molecule has 1 aliphatic heterocycles. The summed E-state index contributed by atoms with van der Waals surface area (Å²) in [5.74, 6) is 0. The average Bonchev–Trinajstić information content (AvgIpc) is 2.85. The van der Waals surface area contributed by atoms with E-state index in [1.807, 2.05) is 0 Å². The van der Waals surface area contributed by atoms with Gasteiger partial charge in [-0.05, 0) is 6.92 Å². The van der Waals surface area contributed by atoms with Crippen LogP contribution in [0, 0.1) is 0 Å². The van der Waals surface area contributed by atoms with Crippen molar-refractivity contribution in [1.29, 1.82) is 0 Å². The van der Waals surface area contributed by atoms with Crippen LogP contribution in [0.5, 0.6) is 0 Å². The van der Waals surface area contributed by atoms with Gasteiger partial charge in [0.05, 0.1) is 11.1 Å². The maximum atomic E-state index is 11.3. The molecular weight excluding hydrogens is 206 g/mol. The van der Waals surface area contributed by atoms with Gasteiger partial charge in [0, 0.05) is 38.0 Å². The predicted octanol–water partition coefficient (Wildman–Crippen LogP) is 1.01. The summed E-state index contributed by atoms with van der Waals surface area (Å²) in [5, 5.41) is 2.67. The second-order valence-corrected chi connectivity index (χ2v) is 4.66. The average molecular weight is 219 g/mol. The third-order valence-electron chi connectivity index (χ3n) is 3.73. The standard InChI is InChI=1S/C11H13N3O2/c1-10(8-6-12-4-5-13-8)7-11(10)2-3-14-9(15)16-11/h4-6H,2-3,7H2,1H3,(H,14,15). The van der Waals surface area contributed by atoms with Gasteiger partial charge in [0.25, 0.3) is 0 Å². The summed E-state index contributed by atoms with van der Waals surface area (Å²) in [6.07, 6.45) is 6.44. The Balaban J connectivity index is 1.90. The summed E-state index contributed by atoms with van der Waals surface area (Å²) in [4.78, 5) is 19.7. The van der Waals surface area contributed by atoms with Crippen molar-refractivity contribution in [1.82, 2.24) is 15.3 Å². The number of aromatic nitrogens is 2. The van der Waals surface area contributed by atoms with Gasteiger partial charge in [0.1, 0.15) is 5.60 Å². The summed E-state index contributed by atoms with van der Waals surface area (Å²) in [6.45, 7) is 2.75. The minimum Gasteiger partial charge on any atom is -0.442 e. The molecule has 3 rings (SSSR count). The van der Waals surface area contributed by atoms with Crippen LogP contribution in [0.4, 0.5) is 4.79 Å². The fraction of sp³-hybridized carbons (Fsp3) is 0.545. The number of carbonyl (C=O) groups excluding carboxylic acids is 1. The lowest BCUT2D eigenvalue weighted by Gasteiger charge is -2.27. The zero-order valence-corrected chi connectivity index (χ0v) is 9.06. The van der Waals surface area contributed by atoms with Crippen LogP contribution in [0.25, 0.3) is 0 Å². The van der Waals surface area contributed by atoms with Crippen molar-refractivity contribution in [2.75, 3.05) is 6.54 Å². The van der Waals surface area contributed by atoms with E-state index in [2.05, 4.69) is 22.2 Å². The number of alkyl carbamates (subject to hydrolysis) is 1. The SMILES string of the molecule is CC1(c2cnccn2)CC12CCNC(=O)O2. The monoisotopic (exact) mass is 219 g/mol. The molecule has 1 N–H and O–H groups in total. The van der Waals surface area contributed by atoms with Gasteiger partial charge in [0.2, 0.25) is 0 Å². The Morgan fingerprint density at radius 2 is 2.38 bits per heavy atom. The van der Waals surface area contributed by atoms with E-state index in [-0.39, 0.29) is 17.1 Å². The molecule has 2 fully saturated rings. The van der Waals surface area contributed by atoms with Gasteiger partial charge in [0.15, 0.2) is 0 Å². The molecule has 0 aromatic carbocycles. The molecule has 5 nitrogen and oxygen atoms in total. The fourth-order valence-electron chi connectivity index (χ4n) is 2.58. The number of hydrogen-bond acceptors (Lipinski definition) is 4. The molecule has 1 aromatic heterocycles. The molecule has 1 saturated carbocycles. The van der Waals surface area contributed by atoms with Crippen LogP contribution >= 0.6 is 0 Å². The lowest BCUT2D eigenvalue weighted by atomic mass is 9.97. The highest BCUT2D eigenvalue weighted by atomic mass is 16.6. The zero-order chi connectivity index (χ0) is 11.2. The van der Waals surface area contributed by atoms with Gasteiger partial charge in [-0.25, -0.2) is 4.79 Å². The molecular formula is C11H13N3O2. The minimum absolute atomic E-state index is 0.168. The van der Waals surface area contributed by atoms with Crippen LogP contribution in [-0.2, 0) is 10.2 Å². The first-order chi connectivity index (χ1) is 7.66. The van der Waals surface area contributed by atoms with E-state index in [9.17, 15) is 4.79 Å². The van der Waals surface area contributed by atoms with E-state index in [0.717, 1.165) is 18.5 Å². The fourth-order valence-corrected chi connectivity index (χ4v) is 2.58. The van der Waals surface area contributed by atoms with Crippen molar-refractivity contribution in [3.63, 3.8) is 0 Å². The van der Waals surface area contributed by atoms with Crippen LogP contribution in [0.15, 0.2) is 18.6 Å². The topological polar surface area (TPSA) is 64.1 Å². The number of ether oxygens (including phenoxy) is 1. The van der Waals surface area contributed by atoms with Gasteiger partial charge in [-0.3, -0.25) is 9.97 Å². The number of nitrogens with one attached hydrogen (secondary N) is 1. The molecule has 1 aliphatic carbocycles. The van der Waals surface area contributed by atoms with Crippen molar-refractivity contribution < 1.29 is 9.53 Å². The van der Waals surface area contributed by atoms with Crippen molar-refractivity contribution in [3.8, 4) is 0 Å². The molecule has 2 heterocycles. The second kappa shape index (κ2) is 2.93. The van der Waals surface area contributed by atoms with Gasteiger partial charge < -0.3 is 10.1 Å². The smallest absolute Gasteiger partial charge is 0.407 e. The van der Waals surface area contributed by atoms with E-state index in [0.29, 0.717) is 6.54 Å². The zero-order valence-electron chi connectivity index (χ0n) is 9.06. The lowest BCUT2D eigenvalue weighted by molar-refractivity contribution is 0.0434. The Labute approximate surface area is 93.2 Å². The van der Waals surface area contributed by atoms with E-state index in [1.54, 1.807) is 18.6 Å². The summed E-state index contributed by atoms with van der Waals surface area (Å²) >= 11 is 0. The molecule has 1 amide bonds. The number of hydrogen-bond donors (Lipinski definition) is 1. The van der Waals surface area contributed by atoms with Crippen LogP contribution in [0.3, 0.4) is 0 Å². The van der Waals surface area contributed by atoms with Crippen molar-refractivity contribution in [2.24, 2.45) is 0 Å². The molecule has 2 aliphatic rings. The van der Waals surface area contributed by atoms with Crippen molar-refractivity contribution in [2.45, 2.75) is 30.8 Å². The Kier molecular flexibility index (Phi) is 1.75. The summed E-state index contributed by atoms with van der Waals surface area (Å²) in [5.41, 5.74) is 0.384. The Morgan fingerprint density at radius 1 is 1.50 bits per heavy atom. The molecule has 16 heavy (non-hydrogen) atoms. The van der Waals surface area contributed by atoms with Gasteiger partial charge in [-0.15, -0.1) is 0 Å². The van der Waals surface area contributed by atoms with Gasteiger partial charge >= 0.3 is 6.09 Å². The van der Waals surface area contributed by atoms with Crippen LogP contribution in [0.2, 0.25) is 0 Å². The minimum atomic E-state index is -0.356. The van der Waals surface area contributed by atoms with Crippen LogP contribution in [-0.4, -0.2) is 28.2 Å². The first-order valence-corrected chi connectivity index (χ1v) is 5.40. The summed E-state index contributed by atoms with van der Waals surface area (Å²) < 4.78 is 5.44. The molecule has 2 unspecified atom stereocenters. The molecule has 1 aromatic rings. The van der Waals surface area contributed by atoms with E-state index >= 15 is 0 Å². The number of rotatable bonds is 1. The first-order valence-electron chi connectivity index (χ1n) is 5.40. The Morgan fingerprint density at radius 3 is 3.06 bits per heavy atom. The Bertz CT molecular complexity index is 436. The molecule has 0 radical (unpaired) electrons. The molecule has 5 heteroatoms. The molecule has 84 valence electrons. The maximum absolute atomic E-state index is 11.3. The predicted molar refractivity (Wildman–Crippen MR) is 55.8 cm³/mol. The number of amides is 1. The molecule has 2 atom stereocenters. The highest BCUT2D eigenvalue weighted by Gasteiger charge is 2.70. The van der Waals surface area contributed by atoms with E-state index < -0.39 is 0 Å². The molecule has 0 bridgehead atoms. The summed E-state index contributed by atoms with van der Waals surface area (Å²) in [6, 6.07) is 0. The lowest BCUT2D eigenvalue weighted by Crippen LogP contribution is -2.42. The van der Waals surface area contributed by atoms with Gasteiger partial charge in [-0.2, -0.15) is 0 Å². The highest BCUT2D eigenvalue weighted by molar-refractivity contribution is 5.70. The van der Waals surface area contributed by atoms with Gasteiger partial charge in [-0.1, -0.05) is 0 Å².